The van der Waals surface area contributed by atoms with Crippen LogP contribution in [0.25, 0.3) is 0 Å². The lowest BCUT2D eigenvalue weighted by Crippen LogP contribution is -2.44. The Morgan fingerprint density at radius 1 is 1.58 bits per heavy atom. The third-order valence-corrected chi connectivity index (χ3v) is 1.55. The summed E-state index contributed by atoms with van der Waals surface area (Å²) in [5, 5.41) is 5.46. The molecule has 1 atom stereocenters. The quantitative estimate of drug-likeness (QED) is 0.528. The van der Waals surface area contributed by atoms with E-state index < -0.39 is 0 Å². The first-order valence-corrected chi connectivity index (χ1v) is 4.45. The van der Waals surface area contributed by atoms with Gasteiger partial charge in [0.05, 0.1) is 0 Å². The summed E-state index contributed by atoms with van der Waals surface area (Å²) in [4.78, 5) is 11.0. The van der Waals surface area contributed by atoms with Crippen molar-refractivity contribution in [2.75, 3.05) is 13.1 Å². The van der Waals surface area contributed by atoms with E-state index in [9.17, 15) is 4.79 Å². The van der Waals surface area contributed by atoms with E-state index in [0.29, 0.717) is 6.54 Å². The molecular weight excluding hydrogens is 154 g/mol. The van der Waals surface area contributed by atoms with E-state index in [1.807, 2.05) is 6.92 Å². The second kappa shape index (κ2) is 6.91. The number of carbonyl (C=O) groups is 1. The van der Waals surface area contributed by atoms with Gasteiger partial charge in [-0.2, -0.15) is 0 Å². The zero-order valence-corrected chi connectivity index (χ0v) is 7.89. The van der Waals surface area contributed by atoms with E-state index in [0.717, 1.165) is 19.4 Å². The zero-order chi connectivity index (χ0) is 9.40. The Balaban J connectivity index is 3.33. The summed E-state index contributed by atoms with van der Waals surface area (Å²) in [6.07, 6.45) is 2.11. The second-order valence-electron chi connectivity index (χ2n) is 2.89. The molecule has 0 aliphatic heterocycles. The monoisotopic (exact) mass is 173 g/mol. The lowest BCUT2D eigenvalue weighted by atomic mass is 10.3. The predicted molar refractivity (Wildman–Crippen MR) is 50.0 cm³/mol. The molecule has 4 N–H and O–H groups in total. The molecule has 0 saturated heterocycles. The van der Waals surface area contributed by atoms with Crippen molar-refractivity contribution >= 4 is 6.03 Å². The summed E-state index contributed by atoms with van der Waals surface area (Å²) in [5.41, 5.74) is 5.33. The highest BCUT2D eigenvalue weighted by atomic mass is 16.2. The first-order chi connectivity index (χ1) is 5.70. The van der Waals surface area contributed by atoms with Crippen molar-refractivity contribution in [1.82, 2.24) is 10.6 Å². The standard InChI is InChI=1S/C8H19N3O/c1-3-4-5-10-8(12)11-7(2)6-9/h7H,3-6,9H2,1-2H3,(H2,10,11,12). The van der Waals surface area contributed by atoms with Crippen LogP contribution in [0.5, 0.6) is 0 Å². The molecule has 0 rings (SSSR count). The smallest absolute Gasteiger partial charge is 0.315 e. The second-order valence-corrected chi connectivity index (χ2v) is 2.89. The molecule has 0 aliphatic carbocycles. The van der Waals surface area contributed by atoms with Gasteiger partial charge in [-0.05, 0) is 13.3 Å². The molecule has 0 aromatic heterocycles. The zero-order valence-electron chi connectivity index (χ0n) is 7.89. The van der Waals surface area contributed by atoms with Gasteiger partial charge in [0.15, 0.2) is 0 Å². The first-order valence-electron chi connectivity index (χ1n) is 4.45. The van der Waals surface area contributed by atoms with Gasteiger partial charge >= 0.3 is 6.03 Å². The lowest BCUT2D eigenvalue weighted by molar-refractivity contribution is 0.238. The maximum absolute atomic E-state index is 11.0. The van der Waals surface area contributed by atoms with Crippen LogP contribution in [0.2, 0.25) is 0 Å². The highest BCUT2D eigenvalue weighted by Crippen LogP contribution is 1.82. The summed E-state index contributed by atoms with van der Waals surface area (Å²) in [6.45, 7) is 5.17. The van der Waals surface area contributed by atoms with Crippen LogP contribution >= 0.6 is 0 Å². The summed E-state index contributed by atoms with van der Waals surface area (Å²) < 4.78 is 0. The molecule has 4 heteroatoms. The Morgan fingerprint density at radius 3 is 2.75 bits per heavy atom. The van der Waals surface area contributed by atoms with Gasteiger partial charge < -0.3 is 16.4 Å². The van der Waals surface area contributed by atoms with Crippen LogP contribution in [0.3, 0.4) is 0 Å². The average Bonchev–Trinajstić information content (AvgIpc) is 2.05. The van der Waals surface area contributed by atoms with Gasteiger partial charge in [-0.1, -0.05) is 13.3 Å². The molecule has 1 unspecified atom stereocenters. The largest absolute Gasteiger partial charge is 0.338 e. The molecule has 0 radical (unpaired) electrons. The molecule has 0 bridgehead atoms. The molecule has 0 aromatic carbocycles. The number of urea groups is 1. The van der Waals surface area contributed by atoms with E-state index in [4.69, 9.17) is 5.73 Å². The van der Waals surface area contributed by atoms with Crippen LogP contribution in [-0.2, 0) is 0 Å². The van der Waals surface area contributed by atoms with Gasteiger partial charge in [0.2, 0.25) is 0 Å². The van der Waals surface area contributed by atoms with Gasteiger partial charge in [-0.15, -0.1) is 0 Å². The summed E-state index contributed by atoms with van der Waals surface area (Å²) >= 11 is 0. The number of nitrogens with one attached hydrogen (secondary N) is 2. The minimum Gasteiger partial charge on any atom is -0.338 e. The fourth-order valence-electron chi connectivity index (χ4n) is 0.712. The first kappa shape index (κ1) is 11.2. The molecule has 0 aromatic rings. The summed E-state index contributed by atoms with van der Waals surface area (Å²) in [6, 6.07) is -0.0759. The number of rotatable bonds is 5. The van der Waals surface area contributed by atoms with Crippen molar-refractivity contribution in [3.05, 3.63) is 0 Å². The van der Waals surface area contributed by atoms with E-state index in [2.05, 4.69) is 17.6 Å². The Kier molecular flexibility index (Phi) is 6.47. The van der Waals surface area contributed by atoms with Crippen LogP contribution in [-0.4, -0.2) is 25.2 Å². The van der Waals surface area contributed by atoms with Crippen LogP contribution < -0.4 is 16.4 Å². The maximum Gasteiger partial charge on any atom is 0.315 e. The van der Waals surface area contributed by atoms with Crippen molar-refractivity contribution in [3.63, 3.8) is 0 Å². The summed E-state index contributed by atoms with van der Waals surface area (Å²) in [5.74, 6) is 0. The number of amides is 2. The van der Waals surface area contributed by atoms with Gasteiger partial charge in [0, 0.05) is 19.1 Å². The van der Waals surface area contributed by atoms with Gasteiger partial charge in [0.1, 0.15) is 0 Å². The van der Waals surface area contributed by atoms with E-state index in [-0.39, 0.29) is 12.1 Å². The molecule has 0 saturated carbocycles. The van der Waals surface area contributed by atoms with Gasteiger partial charge in [0.25, 0.3) is 0 Å². The number of hydrogen-bond donors (Lipinski definition) is 3. The number of carbonyl (C=O) groups excluding carboxylic acids is 1. The van der Waals surface area contributed by atoms with Gasteiger partial charge in [-0.25, -0.2) is 4.79 Å². The molecule has 0 spiro atoms. The van der Waals surface area contributed by atoms with Crippen LogP contribution in [0.1, 0.15) is 26.7 Å². The van der Waals surface area contributed by atoms with Crippen molar-refractivity contribution in [1.29, 1.82) is 0 Å². The van der Waals surface area contributed by atoms with Gasteiger partial charge in [-0.3, -0.25) is 0 Å². The highest BCUT2D eigenvalue weighted by Gasteiger charge is 2.02. The van der Waals surface area contributed by atoms with Crippen LogP contribution in [0.4, 0.5) is 4.79 Å². The van der Waals surface area contributed by atoms with Crippen LogP contribution in [0, 0.1) is 0 Å². The van der Waals surface area contributed by atoms with Crippen molar-refractivity contribution in [2.24, 2.45) is 5.73 Å². The van der Waals surface area contributed by atoms with Crippen LogP contribution in [0.15, 0.2) is 0 Å². The molecule has 4 nitrogen and oxygen atoms in total. The molecule has 72 valence electrons. The number of hydrogen-bond acceptors (Lipinski definition) is 2. The lowest BCUT2D eigenvalue weighted by Gasteiger charge is -2.11. The minimum absolute atomic E-state index is 0.0478. The average molecular weight is 173 g/mol. The highest BCUT2D eigenvalue weighted by molar-refractivity contribution is 5.74. The third-order valence-electron chi connectivity index (χ3n) is 1.55. The molecule has 0 aliphatic rings. The van der Waals surface area contributed by atoms with Crippen molar-refractivity contribution in [3.8, 4) is 0 Å². The SMILES string of the molecule is CCCCNC(=O)NC(C)CN. The molecule has 12 heavy (non-hydrogen) atoms. The third kappa shape index (κ3) is 5.97. The van der Waals surface area contributed by atoms with E-state index in [1.165, 1.54) is 0 Å². The summed E-state index contributed by atoms with van der Waals surface area (Å²) in [7, 11) is 0. The maximum atomic E-state index is 11.0. The topological polar surface area (TPSA) is 67.2 Å². The van der Waals surface area contributed by atoms with E-state index >= 15 is 0 Å². The minimum atomic E-state index is -0.124. The Morgan fingerprint density at radius 2 is 2.25 bits per heavy atom. The van der Waals surface area contributed by atoms with Crippen molar-refractivity contribution < 1.29 is 4.79 Å². The Hall–Kier alpha value is -0.770. The molecule has 2 amide bonds. The molecular formula is C8H19N3O. The van der Waals surface area contributed by atoms with Crippen molar-refractivity contribution in [2.45, 2.75) is 32.7 Å². The normalized spacial score (nSPS) is 12.2. The Labute approximate surface area is 73.9 Å². The Bertz CT molecular complexity index is 127. The predicted octanol–water partition coefficient (Wildman–Crippen LogP) is 0.433. The number of nitrogens with two attached hydrogens (primary N) is 1. The van der Waals surface area contributed by atoms with E-state index in [1.54, 1.807) is 0 Å². The molecule has 0 heterocycles. The molecule has 0 fully saturated rings. The fourth-order valence-corrected chi connectivity index (χ4v) is 0.712. The fraction of sp³-hybridized carbons (Fsp3) is 0.875. The number of unbranched alkanes of at least 4 members (excludes halogenated alkanes) is 1.